The molecule has 0 aliphatic carbocycles. The van der Waals surface area contributed by atoms with Crippen molar-refractivity contribution < 1.29 is 13.2 Å². The van der Waals surface area contributed by atoms with Crippen molar-refractivity contribution in [2.45, 2.75) is 23.8 Å². The molecule has 0 spiro atoms. The summed E-state index contributed by atoms with van der Waals surface area (Å²) in [6, 6.07) is 10.9. The highest BCUT2D eigenvalue weighted by Gasteiger charge is 2.26. The third-order valence-electron chi connectivity index (χ3n) is 5.26. The Bertz CT molecular complexity index is 1170. The molecule has 1 aromatic heterocycles. The highest BCUT2D eigenvalue weighted by atomic mass is 35.5. The Morgan fingerprint density at radius 3 is 2.42 bits per heavy atom. The molecule has 1 fully saturated rings. The van der Waals surface area contributed by atoms with Crippen LogP contribution in [0.5, 0.6) is 0 Å². The molecule has 1 N–H and O–H groups in total. The van der Waals surface area contributed by atoms with Crippen molar-refractivity contribution in [3.8, 4) is 0 Å². The second-order valence-electron chi connectivity index (χ2n) is 7.29. The van der Waals surface area contributed by atoms with E-state index in [4.69, 9.17) is 23.2 Å². The molecule has 0 unspecified atom stereocenters. The normalized spacial score (nSPS) is 15.1. The number of likely N-dealkylation sites (tertiary alicyclic amines) is 1. The van der Waals surface area contributed by atoms with Gasteiger partial charge in [0.05, 0.1) is 11.3 Å². The minimum Gasteiger partial charge on any atom is -0.338 e. The number of amides is 1. The van der Waals surface area contributed by atoms with Crippen LogP contribution >= 0.6 is 23.2 Å². The first kappa shape index (κ1) is 21.7. The first-order chi connectivity index (χ1) is 14.8. The van der Waals surface area contributed by atoms with E-state index in [1.54, 1.807) is 47.8 Å². The van der Waals surface area contributed by atoms with Gasteiger partial charge in [0, 0.05) is 47.8 Å². The molecule has 0 saturated carbocycles. The van der Waals surface area contributed by atoms with Crippen molar-refractivity contribution in [2.24, 2.45) is 0 Å². The molecule has 3 aromatic rings. The molecule has 1 amide bonds. The lowest BCUT2D eigenvalue weighted by molar-refractivity contribution is 0.0694. The van der Waals surface area contributed by atoms with Gasteiger partial charge >= 0.3 is 0 Å². The molecule has 1 saturated heterocycles. The number of aromatic nitrogens is 2. The number of hydrogen-bond acceptors (Lipinski definition) is 4. The van der Waals surface area contributed by atoms with Gasteiger partial charge in [-0.15, -0.1) is 0 Å². The van der Waals surface area contributed by atoms with Gasteiger partial charge in [-0.25, -0.2) is 13.4 Å². The molecule has 2 aromatic carbocycles. The molecule has 31 heavy (non-hydrogen) atoms. The largest absolute Gasteiger partial charge is 0.338 e. The van der Waals surface area contributed by atoms with Gasteiger partial charge in [-0.3, -0.25) is 9.52 Å². The molecule has 162 valence electrons. The summed E-state index contributed by atoms with van der Waals surface area (Å²) in [5, 5.41) is 0.530. The van der Waals surface area contributed by atoms with Gasteiger partial charge in [0.2, 0.25) is 0 Å². The van der Waals surface area contributed by atoms with Gasteiger partial charge in [0.25, 0.3) is 15.9 Å². The number of nitrogens with zero attached hydrogens (tertiary/aromatic N) is 3. The van der Waals surface area contributed by atoms with E-state index in [1.807, 2.05) is 6.20 Å². The highest BCUT2D eigenvalue weighted by molar-refractivity contribution is 7.92. The summed E-state index contributed by atoms with van der Waals surface area (Å²) in [7, 11) is -3.99. The average Bonchev–Trinajstić information content (AvgIpc) is 3.30. The number of hydrogen-bond donors (Lipinski definition) is 1. The van der Waals surface area contributed by atoms with Crippen molar-refractivity contribution in [3.63, 3.8) is 0 Å². The van der Waals surface area contributed by atoms with Gasteiger partial charge in [-0.1, -0.05) is 23.2 Å². The lowest BCUT2D eigenvalue weighted by Gasteiger charge is -2.32. The van der Waals surface area contributed by atoms with Crippen LogP contribution in [-0.4, -0.2) is 41.9 Å². The molecule has 10 heteroatoms. The quantitative estimate of drug-likeness (QED) is 0.586. The number of sulfonamides is 1. The summed E-state index contributed by atoms with van der Waals surface area (Å²) in [4.78, 5) is 18.7. The zero-order valence-corrected chi connectivity index (χ0v) is 18.7. The van der Waals surface area contributed by atoms with Gasteiger partial charge in [0.1, 0.15) is 4.90 Å². The Hall–Kier alpha value is -2.55. The minimum atomic E-state index is -3.99. The first-order valence-electron chi connectivity index (χ1n) is 9.68. The number of rotatable bonds is 5. The summed E-state index contributed by atoms with van der Waals surface area (Å²) < 4.78 is 30.3. The van der Waals surface area contributed by atoms with E-state index in [1.165, 1.54) is 12.1 Å². The highest BCUT2D eigenvalue weighted by Crippen LogP contribution is 2.28. The van der Waals surface area contributed by atoms with Gasteiger partial charge < -0.3 is 9.47 Å². The Kier molecular flexibility index (Phi) is 6.22. The molecule has 0 bridgehead atoms. The van der Waals surface area contributed by atoms with E-state index in [2.05, 4.69) is 14.3 Å². The third kappa shape index (κ3) is 4.87. The topological polar surface area (TPSA) is 84.3 Å². The van der Waals surface area contributed by atoms with Crippen LogP contribution in [0.4, 0.5) is 5.69 Å². The van der Waals surface area contributed by atoms with Crippen molar-refractivity contribution in [1.29, 1.82) is 0 Å². The van der Waals surface area contributed by atoms with E-state index >= 15 is 0 Å². The molecule has 0 radical (unpaired) electrons. The summed E-state index contributed by atoms with van der Waals surface area (Å²) in [6.07, 6.45) is 7.06. The van der Waals surface area contributed by atoms with E-state index in [0.29, 0.717) is 29.8 Å². The maximum Gasteiger partial charge on any atom is 0.263 e. The van der Waals surface area contributed by atoms with Gasteiger partial charge in [-0.2, -0.15) is 0 Å². The van der Waals surface area contributed by atoms with Gasteiger partial charge in [0.15, 0.2) is 0 Å². The van der Waals surface area contributed by atoms with Crippen LogP contribution in [0, 0.1) is 0 Å². The molecule has 1 aliphatic heterocycles. The van der Waals surface area contributed by atoms with Crippen LogP contribution in [0.2, 0.25) is 10.0 Å². The van der Waals surface area contributed by atoms with E-state index < -0.39 is 10.0 Å². The molecule has 2 heterocycles. The van der Waals surface area contributed by atoms with Crippen LogP contribution in [0.3, 0.4) is 0 Å². The second kappa shape index (κ2) is 8.90. The predicted molar refractivity (Wildman–Crippen MR) is 120 cm³/mol. The third-order valence-corrected chi connectivity index (χ3v) is 7.38. The maximum atomic E-state index is 13.0. The number of anilines is 1. The van der Waals surface area contributed by atoms with Crippen molar-refractivity contribution in [3.05, 3.63) is 76.8 Å². The van der Waals surface area contributed by atoms with Crippen molar-refractivity contribution >= 4 is 44.8 Å². The summed E-state index contributed by atoms with van der Waals surface area (Å²) in [5.74, 6) is -0.219. The fourth-order valence-corrected chi connectivity index (χ4v) is 5.32. The Balaban J connectivity index is 1.50. The molecule has 0 atom stereocenters. The molecule has 4 rings (SSSR count). The number of carbonyl (C=O) groups is 1. The molecular formula is C21H20Cl2N4O3S. The van der Waals surface area contributed by atoms with Crippen LogP contribution in [0.25, 0.3) is 0 Å². The van der Waals surface area contributed by atoms with Gasteiger partial charge in [-0.05, 0) is 55.3 Å². The number of halogens is 2. The fourth-order valence-electron chi connectivity index (χ4n) is 3.61. The van der Waals surface area contributed by atoms with Crippen LogP contribution < -0.4 is 4.72 Å². The fraction of sp³-hybridized carbons (Fsp3) is 0.238. The smallest absolute Gasteiger partial charge is 0.263 e. The predicted octanol–water partition coefficient (Wildman–Crippen LogP) is 4.47. The second-order valence-corrected chi connectivity index (χ2v) is 9.79. The van der Waals surface area contributed by atoms with Crippen molar-refractivity contribution in [1.82, 2.24) is 14.5 Å². The number of nitrogens with one attached hydrogen (secondary N) is 1. The Labute approximate surface area is 190 Å². The zero-order chi connectivity index (χ0) is 22.0. The Morgan fingerprint density at radius 2 is 1.77 bits per heavy atom. The minimum absolute atomic E-state index is 0.0387. The number of carbonyl (C=O) groups excluding carboxylic acids is 1. The van der Waals surface area contributed by atoms with E-state index in [0.717, 1.165) is 12.8 Å². The monoisotopic (exact) mass is 478 g/mol. The van der Waals surface area contributed by atoms with Crippen LogP contribution in [0.1, 0.15) is 29.2 Å². The van der Waals surface area contributed by atoms with Crippen LogP contribution in [0.15, 0.2) is 66.1 Å². The summed E-state index contributed by atoms with van der Waals surface area (Å²) in [5.41, 5.74) is 0.626. The number of imidazole rings is 1. The molecule has 1 aliphatic rings. The van der Waals surface area contributed by atoms with E-state index in [9.17, 15) is 13.2 Å². The average molecular weight is 479 g/mol. The van der Waals surface area contributed by atoms with Crippen LogP contribution in [-0.2, 0) is 10.0 Å². The lowest BCUT2D eigenvalue weighted by Crippen LogP contribution is -2.39. The summed E-state index contributed by atoms with van der Waals surface area (Å²) >= 11 is 12.0. The first-order valence-corrected chi connectivity index (χ1v) is 11.9. The van der Waals surface area contributed by atoms with Crippen molar-refractivity contribution in [2.75, 3.05) is 17.8 Å². The summed E-state index contributed by atoms with van der Waals surface area (Å²) in [6.45, 7) is 1.16. The SMILES string of the molecule is O=C(c1ccc(Cl)c(S(=O)(=O)Nc2ccc(Cl)cc2)c1)N1CCC(n2ccnc2)CC1. The maximum absolute atomic E-state index is 13.0. The lowest BCUT2D eigenvalue weighted by atomic mass is 10.0. The standard InChI is InChI=1S/C21H20Cl2N4O3S/c22-16-2-4-17(5-3-16)25-31(29,30)20-13-15(1-6-19(20)23)21(28)26-10-7-18(8-11-26)27-12-9-24-14-27/h1-6,9,12-14,18,25H,7-8,10-11H2. The Morgan fingerprint density at radius 1 is 1.06 bits per heavy atom. The molecular weight excluding hydrogens is 459 g/mol. The zero-order valence-electron chi connectivity index (χ0n) is 16.4. The van der Waals surface area contributed by atoms with E-state index in [-0.39, 0.29) is 21.4 Å². The molecule has 7 nitrogen and oxygen atoms in total. The number of piperidine rings is 1. The number of benzene rings is 2.